The Morgan fingerprint density at radius 3 is 1.80 bits per heavy atom. The van der Waals surface area contributed by atoms with Crippen molar-refractivity contribution < 1.29 is 0 Å². The van der Waals surface area contributed by atoms with Crippen molar-refractivity contribution in [3.05, 3.63) is 0 Å². The molecule has 0 radical (unpaired) electrons. The second-order valence-corrected chi connectivity index (χ2v) is 1.09. The zero-order valence-electron chi connectivity index (χ0n) is 3.52. The van der Waals surface area contributed by atoms with E-state index >= 15 is 0 Å². The molecule has 0 aromatic heterocycles. The minimum atomic E-state index is 1.25. The van der Waals surface area contributed by atoms with Gasteiger partial charge in [0.1, 0.15) is 0 Å². The third-order valence-electron chi connectivity index (χ3n) is 0.258. The Hall–Kier alpha value is -0.530. The van der Waals surface area contributed by atoms with Crippen molar-refractivity contribution in [1.82, 2.24) is 4.90 Å². The summed E-state index contributed by atoms with van der Waals surface area (Å²) in [4.78, 5) is 1.67. The molecular weight excluding hydrogens is 65.0 g/mol. The summed E-state index contributed by atoms with van der Waals surface area (Å²) in [5.74, 6) is 0. The van der Waals surface area contributed by atoms with Gasteiger partial charge in [-0.25, -0.2) is 0 Å². The van der Waals surface area contributed by atoms with Crippen LogP contribution in [0, 0.1) is 5.41 Å². The highest BCUT2D eigenvalue weighted by atomic mass is 15.2. The van der Waals surface area contributed by atoms with Crippen molar-refractivity contribution in [2.24, 2.45) is 0 Å². The molecule has 0 fully saturated rings. The molecule has 0 bridgehead atoms. The summed E-state index contributed by atoms with van der Waals surface area (Å²) >= 11 is 0. The van der Waals surface area contributed by atoms with Crippen molar-refractivity contribution in [3.8, 4) is 0 Å². The Morgan fingerprint density at radius 1 is 1.60 bits per heavy atom. The molecule has 0 aliphatic carbocycles. The van der Waals surface area contributed by atoms with Gasteiger partial charge in [-0.1, -0.05) is 0 Å². The maximum Gasteiger partial charge on any atom is 0.0812 e. The molecule has 0 heterocycles. The Balaban J connectivity index is 2.83. The van der Waals surface area contributed by atoms with E-state index in [1.807, 2.05) is 14.1 Å². The summed E-state index contributed by atoms with van der Waals surface area (Å²) < 4.78 is 0. The van der Waals surface area contributed by atoms with Crippen molar-refractivity contribution in [3.63, 3.8) is 0 Å². The molecule has 0 aromatic rings. The van der Waals surface area contributed by atoms with Crippen LogP contribution in [0.25, 0.3) is 0 Å². The smallest absolute Gasteiger partial charge is 0.0812 e. The predicted octanol–water partition coefficient (Wildman–Crippen LogP) is 0.155. The van der Waals surface area contributed by atoms with Gasteiger partial charge < -0.3 is 4.90 Å². The number of hydrogen-bond acceptors (Lipinski definition) is 1. The zero-order chi connectivity index (χ0) is 4.28. The number of nitrogens with one attached hydrogen (secondary N) is 1. The molecule has 5 heavy (non-hydrogen) atoms. The number of hydrogen-bond donors (Lipinski definition) is 1. The van der Waals surface area contributed by atoms with E-state index < -0.39 is 0 Å². The molecule has 0 unspecified atom stereocenters. The molecule has 0 aliphatic heterocycles. The van der Waals surface area contributed by atoms with Crippen molar-refractivity contribution >= 4 is 6.34 Å². The van der Waals surface area contributed by atoms with Crippen LogP contribution in [0.15, 0.2) is 0 Å². The van der Waals surface area contributed by atoms with Gasteiger partial charge in [-0.2, -0.15) is 0 Å². The summed E-state index contributed by atoms with van der Waals surface area (Å²) in [5, 5.41) is 6.46. The van der Waals surface area contributed by atoms with E-state index in [4.69, 9.17) is 5.41 Å². The van der Waals surface area contributed by atoms with Gasteiger partial charge in [0.2, 0.25) is 0 Å². The summed E-state index contributed by atoms with van der Waals surface area (Å²) in [6, 6.07) is 0. The molecule has 0 saturated carbocycles. The van der Waals surface area contributed by atoms with E-state index in [0.717, 1.165) is 0 Å². The standard InChI is InChI=1S/C3H8N2/c1-5(2)3-4/h3-4H,1-2H3/i3+1. The molecule has 2 nitrogen and oxygen atoms in total. The van der Waals surface area contributed by atoms with E-state index in [9.17, 15) is 0 Å². The molecule has 2 heteroatoms. The van der Waals surface area contributed by atoms with Crippen LogP contribution < -0.4 is 0 Å². The molecule has 0 aromatic carbocycles. The first-order valence-electron chi connectivity index (χ1n) is 1.44. The van der Waals surface area contributed by atoms with Crippen LogP contribution in [0.5, 0.6) is 0 Å². The van der Waals surface area contributed by atoms with E-state index in [0.29, 0.717) is 0 Å². The van der Waals surface area contributed by atoms with E-state index in [-0.39, 0.29) is 0 Å². The molecule has 0 atom stereocenters. The van der Waals surface area contributed by atoms with Crippen molar-refractivity contribution in [2.45, 2.75) is 0 Å². The zero-order valence-corrected chi connectivity index (χ0v) is 3.52. The Kier molecular flexibility index (Phi) is 1.57. The molecule has 0 amide bonds. The van der Waals surface area contributed by atoms with Gasteiger partial charge in [0.15, 0.2) is 0 Å². The fourth-order valence-corrected chi connectivity index (χ4v) is 0. The Labute approximate surface area is 31.9 Å². The Bertz CT molecular complexity index is 31.9. The maximum atomic E-state index is 6.46. The maximum absolute atomic E-state index is 6.46. The first-order chi connectivity index (χ1) is 2.27. The molecule has 0 aliphatic rings. The fraction of sp³-hybridized carbons (Fsp3) is 0.667. The van der Waals surface area contributed by atoms with Gasteiger partial charge in [0.25, 0.3) is 0 Å². The van der Waals surface area contributed by atoms with Gasteiger partial charge in [-0.05, 0) is 0 Å². The van der Waals surface area contributed by atoms with E-state index in [2.05, 4.69) is 0 Å². The summed E-state index contributed by atoms with van der Waals surface area (Å²) in [5.41, 5.74) is 0. The van der Waals surface area contributed by atoms with Crippen LogP contribution in [0.3, 0.4) is 0 Å². The summed E-state index contributed by atoms with van der Waals surface area (Å²) in [7, 11) is 3.62. The SMILES string of the molecule is CN(C)[13CH]=N. The lowest BCUT2D eigenvalue weighted by Crippen LogP contribution is -2.05. The largest absolute Gasteiger partial charge is 0.369 e. The second-order valence-electron chi connectivity index (χ2n) is 1.09. The van der Waals surface area contributed by atoms with Crippen LogP contribution >= 0.6 is 0 Å². The quantitative estimate of drug-likeness (QED) is 0.267. The third-order valence-corrected chi connectivity index (χ3v) is 0.258. The van der Waals surface area contributed by atoms with Gasteiger partial charge in [-0.15, -0.1) is 0 Å². The fourth-order valence-electron chi connectivity index (χ4n) is 0. The van der Waals surface area contributed by atoms with Gasteiger partial charge in [0.05, 0.1) is 6.34 Å². The average molecular weight is 73.1 g/mol. The topological polar surface area (TPSA) is 27.1 Å². The molecule has 0 spiro atoms. The van der Waals surface area contributed by atoms with Crippen LogP contribution in [-0.2, 0) is 0 Å². The molecule has 1 N–H and O–H groups in total. The Morgan fingerprint density at radius 2 is 1.80 bits per heavy atom. The van der Waals surface area contributed by atoms with Gasteiger partial charge in [0, 0.05) is 14.1 Å². The van der Waals surface area contributed by atoms with Gasteiger partial charge in [-0.3, -0.25) is 5.41 Å². The lowest BCUT2D eigenvalue weighted by molar-refractivity contribution is 0.639. The second kappa shape index (κ2) is 1.76. The third kappa shape index (κ3) is 3.47. The number of nitrogens with zero attached hydrogens (tertiary/aromatic N) is 1. The van der Waals surface area contributed by atoms with Gasteiger partial charge >= 0.3 is 0 Å². The highest BCUT2D eigenvalue weighted by Crippen LogP contribution is 1.53. The van der Waals surface area contributed by atoms with Crippen LogP contribution in [0.1, 0.15) is 0 Å². The minimum absolute atomic E-state index is 1.25. The normalized spacial score (nSPS) is 6.80. The summed E-state index contributed by atoms with van der Waals surface area (Å²) in [6.45, 7) is 0. The lowest BCUT2D eigenvalue weighted by Gasteiger charge is -1.96. The highest BCUT2D eigenvalue weighted by Gasteiger charge is 1.64. The first kappa shape index (κ1) is 4.47. The van der Waals surface area contributed by atoms with Crippen LogP contribution in [0.4, 0.5) is 0 Å². The van der Waals surface area contributed by atoms with Crippen LogP contribution in [-0.4, -0.2) is 25.3 Å². The molecule has 30 valence electrons. The van der Waals surface area contributed by atoms with E-state index in [1.54, 1.807) is 4.90 Å². The molecule has 0 rings (SSSR count). The molecular formula is C3H8N2. The first-order valence-corrected chi connectivity index (χ1v) is 1.44. The van der Waals surface area contributed by atoms with Crippen LogP contribution in [0.2, 0.25) is 0 Å². The predicted molar refractivity (Wildman–Crippen MR) is 22.5 cm³/mol. The lowest BCUT2D eigenvalue weighted by atomic mass is 11.1. The monoisotopic (exact) mass is 73.1 g/mol. The van der Waals surface area contributed by atoms with Crippen molar-refractivity contribution in [2.75, 3.05) is 14.1 Å². The average Bonchev–Trinajstić information content (AvgIpc) is 1.38. The minimum Gasteiger partial charge on any atom is -0.369 e. The number of rotatable bonds is 1. The summed E-state index contributed by atoms with van der Waals surface area (Å²) in [6.07, 6.45) is 1.25. The van der Waals surface area contributed by atoms with Crippen molar-refractivity contribution in [1.29, 1.82) is 5.41 Å². The van der Waals surface area contributed by atoms with E-state index in [1.165, 1.54) is 6.34 Å². The molecule has 0 saturated heterocycles. The highest BCUT2D eigenvalue weighted by molar-refractivity contribution is 5.49.